The van der Waals surface area contributed by atoms with Gasteiger partial charge in [-0.05, 0) is 323 Å². The predicted octanol–water partition coefficient (Wildman–Crippen LogP) is 18.4. The summed E-state index contributed by atoms with van der Waals surface area (Å²) in [5.41, 5.74) is 34.1. The van der Waals surface area contributed by atoms with Gasteiger partial charge in [-0.25, -0.2) is 0 Å². The van der Waals surface area contributed by atoms with Crippen LogP contribution >= 0.6 is 0 Å². The van der Waals surface area contributed by atoms with Crippen molar-refractivity contribution < 1.29 is 19.1 Å². The van der Waals surface area contributed by atoms with Crippen LogP contribution in [0.5, 0.6) is 0 Å². The molecule has 0 amide bonds. The molecule has 0 radical (unpaired) electrons. The number of rotatable bonds is 10. The lowest BCUT2D eigenvalue weighted by molar-refractivity contribution is -0.141. The molecule has 3 saturated carbocycles. The maximum atomic E-state index is 12.9. The lowest BCUT2D eigenvalue weighted by Gasteiger charge is -2.41. The molecule has 35 rings (SSSR count). The molecule has 20 aliphatic rings. The molecule has 0 saturated heterocycles. The molecule has 2 spiro atoms. The molecule has 0 aromatic heterocycles. The van der Waals surface area contributed by atoms with Gasteiger partial charge in [-0.1, -0.05) is 182 Å². The smallest absolute Gasteiger partial charge is 0.305 e. The second-order valence-corrected chi connectivity index (χ2v) is 37.0. The molecule has 0 heterocycles. The third-order valence-corrected chi connectivity index (χ3v) is 35.3. The van der Waals surface area contributed by atoms with E-state index in [1.54, 1.807) is 160 Å². The number of hydrogen-bond donors (Lipinski definition) is 0. The summed E-state index contributed by atoms with van der Waals surface area (Å²) >= 11 is 0. The largest absolute Gasteiger partial charge is 0.469 e. The average molecular weight is 1370 g/mol. The van der Waals surface area contributed by atoms with Gasteiger partial charge in [0.15, 0.2) is 0 Å². The Hall–Kier alpha value is -11.2. The summed E-state index contributed by atoms with van der Waals surface area (Å²) in [6.07, 6.45) is 30.6. The van der Waals surface area contributed by atoms with E-state index in [4.69, 9.17) is 9.47 Å². The Bertz CT molecular complexity index is 8200. The average Bonchev–Trinajstić information content (AvgIpc) is 1.37. The van der Waals surface area contributed by atoms with E-state index in [1.165, 1.54) is 110 Å². The first-order valence-corrected chi connectivity index (χ1v) is 40.7. The summed E-state index contributed by atoms with van der Waals surface area (Å²) in [7, 11) is 3.08. The van der Waals surface area contributed by atoms with Crippen molar-refractivity contribution >= 4 is 153 Å². The quantitative estimate of drug-likeness (QED) is 0.0778. The van der Waals surface area contributed by atoms with Crippen LogP contribution in [0.25, 0.3) is 141 Å². The second-order valence-electron chi connectivity index (χ2n) is 37.0. The summed E-state index contributed by atoms with van der Waals surface area (Å²) in [6.45, 7) is 0. The van der Waals surface area contributed by atoms with Crippen molar-refractivity contribution in [2.75, 3.05) is 14.2 Å². The fourth-order valence-corrected chi connectivity index (χ4v) is 33.5. The maximum Gasteiger partial charge on any atom is 0.305 e. The molecule has 0 N–H and O–H groups in total. The van der Waals surface area contributed by atoms with Crippen LogP contribution in [0, 0.1) is 63.2 Å². The van der Waals surface area contributed by atoms with Gasteiger partial charge in [-0.3, -0.25) is 9.59 Å². The predicted molar refractivity (Wildman–Crippen MR) is 426 cm³/mol. The third kappa shape index (κ3) is 4.27. The topological polar surface area (TPSA) is 52.6 Å². The lowest BCUT2D eigenvalue weighted by Crippen LogP contribution is -2.35. The molecule has 108 heavy (non-hydrogen) atoms. The van der Waals surface area contributed by atoms with Crippen LogP contribution in [-0.2, 0) is 35.3 Å². The normalized spacial score (nSPS) is 33.0. The number of allylic oxidation sites excluding steroid dienone is 15. The number of carbonyl (C=O) groups is 2. The minimum absolute atomic E-state index is 0.0964. The monoisotopic (exact) mass is 1370 g/mol. The SMILES string of the molecule is COC(=O)CCCC1(c2ccccc2)C23C4=C5C=CC6C7C5=C2c2c5c8c9c%10c(ccc%11c%12ccc%13c%14c(c2c8c(c%10%11)c%14%12)C31C=%13C=C4)C1C=CC6C(C=57)C91.COC(=O)CCCC1(c2ccccc2)c2c3c4ccc2=c2ccc5c6ccc7c8c9c%10c%11c(c%12c1c2c5c(c%12%10)c86)C3=C1C=4C=CC2C1C=%11C1C2C=CC7C91. The van der Waals surface area contributed by atoms with E-state index in [0.717, 1.165) is 25.7 Å². The molecular weight excluding hydrogens is 1310 g/mol. The van der Waals surface area contributed by atoms with Crippen LogP contribution < -0.4 is 20.9 Å². The van der Waals surface area contributed by atoms with Gasteiger partial charge in [-0.2, -0.15) is 0 Å². The highest BCUT2D eigenvalue weighted by Crippen LogP contribution is 2.97. The Kier molecular flexibility index (Phi) is 7.50. The van der Waals surface area contributed by atoms with Crippen molar-refractivity contribution in [2.24, 2.45) is 52.8 Å². The number of hydrogen-bond acceptors (Lipinski definition) is 4. The molecule has 16 unspecified atom stereocenters. The summed E-state index contributed by atoms with van der Waals surface area (Å²) < 4.78 is 10.6. The second kappa shape index (κ2) is 15.4. The highest BCUT2D eigenvalue weighted by Gasteiger charge is 2.94. The van der Waals surface area contributed by atoms with Crippen LogP contribution in [0.15, 0.2) is 204 Å². The molecule has 15 aromatic rings. The molecular formula is C104H60O4. The van der Waals surface area contributed by atoms with Gasteiger partial charge in [0.25, 0.3) is 0 Å². The summed E-state index contributed by atoms with van der Waals surface area (Å²) in [5, 5.41) is 40.0. The van der Waals surface area contributed by atoms with Crippen molar-refractivity contribution in [3.8, 4) is 0 Å². The van der Waals surface area contributed by atoms with E-state index >= 15 is 0 Å². The number of ether oxygens (including phenoxy) is 2. The van der Waals surface area contributed by atoms with Crippen molar-refractivity contribution in [2.45, 2.75) is 78.4 Å². The van der Waals surface area contributed by atoms with Gasteiger partial charge in [0.2, 0.25) is 0 Å². The van der Waals surface area contributed by atoms with E-state index in [9.17, 15) is 9.59 Å². The van der Waals surface area contributed by atoms with Gasteiger partial charge < -0.3 is 9.47 Å². The first kappa shape index (κ1) is 52.7. The Morgan fingerprint density at radius 3 is 1.58 bits per heavy atom. The van der Waals surface area contributed by atoms with E-state index in [1.807, 2.05) is 5.57 Å². The van der Waals surface area contributed by atoms with E-state index in [0.29, 0.717) is 83.9 Å². The highest BCUT2D eigenvalue weighted by molar-refractivity contribution is 6.50. The third-order valence-electron chi connectivity index (χ3n) is 35.3. The van der Waals surface area contributed by atoms with Crippen LogP contribution in [0.1, 0.15) is 129 Å². The van der Waals surface area contributed by atoms with E-state index in [2.05, 4.69) is 182 Å². The van der Waals surface area contributed by atoms with E-state index < -0.39 is 5.41 Å². The Balaban J connectivity index is 0.000000105. The van der Waals surface area contributed by atoms with Crippen LogP contribution in [0.2, 0.25) is 0 Å². The zero-order chi connectivity index (χ0) is 68.7. The molecule has 15 aromatic carbocycles. The number of esters is 2. The van der Waals surface area contributed by atoms with Crippen molar-refractivity contribution in [1.82, 2.24) is 0 Å². The van der Waals surface area contributed by atoms with Crippen LogP contribution in [0.4, 0.5) is 0 Å². The van der Waals surface area contributed by atoms with Gasteiger partial charge >= 0.3 is 11.9 Å². The number of fused-ring (bicyclic) bond motifs is 6. The highest BCUT2D eigenvalue weighted by atomic mass is 16.5. The summed E-state index contributed by atoms with van der Waals surface area (Å²) in [4.78, 5) is 25.9. The Morgan fingerprint density at radius 2 is 0.926 bits per heavy atom. The molecule has 3 fully saturated rings. The fourth-order valence-electron chi connectivity index (χ4n) is 33.5. The van der Waals surface area contributed by atoms with Gasteiger partial charge in [0.05, 0.1) is 14.2 Å². The Labute approximate surface area is 616 Å². The van der Waals surface area contributed by atoms with Crippen molar-refractivity contribution in [3.05, 3.63) is 302 Å². The Morgan fingerprint density at radius 1 is 0.389 bits per heavy atom. The van der Waals surface area contributed by atoms with Crippen LogP contribution in [-0.4, -0.2) is 26.2 Å². The van der Waals surface area contributed by atoms with Crippen molar-refractivity contribution in [3.63, 3.8) is 0 Å². The van der Waals surface area contributed by atoms with Gasteiger partial charge in [0, 0.05) is 70.0 Å². The van der Waals surface area contributed by atoms with Crippen molar-refractivity contribution in [1.29, 1.82) is 0 Å². The number of carbonyl (C=O) groups excluding carboxylic acids is 2. The summed E-state index contributed by atoms with van der Waals surface area (Å²) in [6, 6.07) is 48.3. The first-order chi connectivity index (χ1) is 53.4. The minimum atomic E-state index is -0.435. The molecule has 4 heteroatoms. The molecule has 500 valence electrons. The number of benzene rings is 11. The molecule has 0 aliphatic heterocycles. The zero-order valence-corrected chi connectivity index (χ0v) is 59.1. The fraction of sp³-hybridized carbons (Fsp3) is 0.231. The molecule has 2 bridgehead atoms. The standard InChI is InChI=1S/2C52H30O2/c1-54-31(53)8-5-19-50(20-6-3-2-4-7-20)51-29-17-18-30-28-16-14-26-24-12-10-22-21-9-11-23-25-13-15-27(29)38-36(25)41-34(23)32(21)40-33(22)35(24)42-37(26)39(28)49(52(30,50)51)47-45(42)43(40)44(41)46(47)48(38)51;1-54-31(53)8-5-19-52(20-6-3-2-4-7-20)50-30-18-17-28-27-14-13-24-23-10-9-21-22-11-12-25-26-15-16-29(30)39-38(26)43-35(25)34(22)41-32(21)33(23)42-36(24)37(27)44(40(28)50)48-46(42)45(41)47(43)49(48)51(39)52/h2-4,6-7,9-18,21,23,25,32,34,36H,5,8,19H2,1H3;2-4,6-7,9-18,21,23-24,32-33,36H,5,8,19H2,1H3. The molecule has 4 nitrogen and oxygen atoms in total. The zero-order valence-electron chi connectivity index (χ0n) is 59.1. The lowest BCUT2D eigenvalue weighted by atomic mass is 9.61. The molecule has 16 atom stereocenters. The maximum absolute atomic E-state index is 12.9. The minimum Gasteiger partial charge on any atom is -0.469 e. The first-order valence-electron chi connectivity index (χ1n) is 40.7. The molecule has 20 aliphatic carbocycles. The van der Waals surface area contributed by atoms with Gasteiger partial charge in [0.1, 0.15) is 0 Å². The van der Waals surface area contributed by atoms with E-state index in [-0.39, 0.29) is 28.2 Å². The summed E-state index contributed by atoms with van der Waals surface area (Å²) in [5.74, 6) is 5.83. The van der Waals surface area contributed by atoms with Crippen LogP contribution in [0.3, 0.4) is 0 Å². The number of methoxy groups -OCH3 is 2. The van der Waals surface area contributed by atoms with Gasteiger partial charge in [-0.15, -0.1) is 0 Å².